The van der Waals surface area contributed by atoms with Crippen molar-refractivity contribution in [3.63, 3.8) is 0 Å². The molecule has 0 saturated carbocycles. The number of isocyanates is 1. The third-order valence-corrected chi connectivity index (χ3v) is 3.24. The molecule has 0 aliphatic carbocycles. The summed E-state index contributed by atoms with van der Waals surface area (Å²) in [6, 6.07) is 15.5. The minimum atomic E-state index is 0.161. The second kappa shape index (κ2) is 6.38. The van der Waals surface area contributed by atoms with Gasteiger partial charge in [-0.2, -0.15) is 4.99 Å². The van der Waals surface area contributed by atoms with E-state index in [1.165, 1.54) is 11.6 Å². The molecule has 2 aromatic rings. The molecule has 0 aliphatic heterocycles. The highest BCUT2D eigenvalue weighted by Crippen LogP contribution is 2.23. The predicted octanol–water partition coefficient (Wildman–Crippen LogP) is 4.53. The lowest BCUT2D eigenvalue weighted by Crippen LogP contribution is -2.10. The average molecular weight is 281 g/mol. The maximum Gasteiger partial charge on any atom is 0.240 e. The van der Waals surface area contributed by atoms with Crippen LogP contribution in [0.25, 0.3) is 0 Å². The summed E-state index contributed by atoms with van der Waals surface area (Å²) in [5, 5.41) is 0. The van der Waals surface area contributed by atoms with Crippen LogP contribution in [0.3, 0.4) is 0 Å². The molecule has 0 unspecified atom stereocenters. The van der Waals surface area contributed by atoms with E-state index in [1.807, 2.05) is 0 Å². The van der Waals surface area contributed by atoms with Gasteiger partial charge < -0.3 is 4.74 Å². The van der Waals surface area contributed by atoms with E-state index >= 15 is 0 Å². The van der Waals surface area contributed by atoms with Crippen molar-refractivity contribution >= 4 is 11.8 Å². The Kier molecular flexibility index (Phi) is 4.56. The Hall–Kier alpha value is -2.38. The molecule has 0 bridgehead atoms. The summed E-state index contributed by atoms with van der Waals surface area (Å²) in [6.07, 6.45) is 1.51. The number of carbonyl (C=O) groups excluding carboxylic acids is 1. The van der Waals surface area contributed by atoms with Crippen molar-refractivity contribution < 1.29 is 9.53 Å². The molecule has 21 heavy (non-hydrogen) atoms. The van der Waals surface area contributed by atoms with Gasteiger partial charge in [-0.1, -0.05) is 45.0 Å². The molecule has 0 saturated heterocycles. The molecule has 108 valence electrons. The first-order valence-corrected chi connectivity index (χ1v) is 6.89. The molecule has 2 rings (SSSR count). The van der Waals surface area contributed by atoms with Crippen LogP contribution in [0.15, 0.2) is 53.5 Å². The van der Waals surface area contributed by atoms with Gasteiger partial charge in [0, 0.05) is 0 Å². The fourth-order valence-electron chi connectivity index (χ4n) is 1.94. The van der Waals surface area contributed by atoms with Crippen LogP contribution in [0.4, 0.5) is 5.69 Å². The summed E-state index contributed by atoms with van der Waals surface area (Å²) in [5.74, 6) is 0.750. The predicted molar refractivity (Wildman–Crippen MR) is 83.7 cm³/mol. The van der Waals surface area contributed by atoms with E-state index in [0.717, 1.165) is 11.3 Å². The third kappa shape index (κ3) is 4.30. The van der Waals surface area contributed by atoms with E-state index in [9.17, 15) is 4.79 Å². The van der Waals surface area contributed by atoms with Gasteiger partial charge in [-0.05, 0) is 40.8 Å². The Morgan fingerprint density at radius 2 is 1.62 bits per heavy atom. The van der Waals surface area contributed by atoms with Crippen molar-refractivity contribution in [1.82, 2.24) is 0 Å². The van der Waals surface area contributed by atoms with Crippen LogP contribution in [0.2, 0.25) is 0 Å². The number of nitrogens with zero attached hydrogens (tertiary/aromatic N) is 1. The third-order valence-electron chi connectivity index (χ3n) is 3.24. The number of benzene rings is 2. The topological polar surface area (TPSA) is 38.7 Å². The molecule has 0 radical (unpaired) electrons. The molecule has 0 spiro atoms. The van der Waals surface area contributed by atoms with Crippen molar-refractivity contribution in [1.29, 1.82) is 0 Å². The first-order chi connectivity index (χ1) is 9.99. The first kappa shape index (κ1) is 15.0. The van der Waals surface area contributed by atoms with Gasteiger partial charge in [-0.3, -0.25) is 0 Å². The highest BCUT2D eigenvalue weighted by Gasteiger charge is 2.12. The van der Waals surface area contributed by atoms with Crippen molar-refractivity contribution in [3.05, 3.63) is 59.7 Å². The zero-order valence-corrected chi connectivity index (χ0v) is 12.6. The van der Waals surface area contributed by atoms with Gasteiger partial charge >= 0.3 is 0 Å². The van der Waals surface area contributed by atoms with Gasteiger partial charge in [0.05, 0.1) is 5.69 Å². The molecule has 0 aromatic heterocycles. The van der Waals surface area contributed by atoms with Crippen molar-refractivity contribution in [2.45, 2.75) is 32.8 Å². The smallest absolute Gasteiger partial charge is 0.240 e. The van der Waals surface area contributed by atoms with E-state index in [-0.39, 0.29) is 5.41 Å². The summed E-state index contributed by atoms with van der Waals surface area (Å²) < 4.78 is 5.71. The van der Waals surface area contributed by atoms with Gasteiger partial charge in [-0.15, -0.1) is 0 Å². The van der Waals surface area contributed by atoms with E-state index in [0.29, 0.717) is 12.3 Å². The maximum absolute atomic E-state index is 10.1. The second-order valence-corrected chi connectivity index (χ2v) is 5.93. The van der Waals surface area contributed by atoms with Crippen LogP contribution in [-0.4, -0.2) is 6.08 Å². The fraction of sp³-hybridized carbons (Fsp3) is 0.278. The van der Waals surface area contributed by atoms with E-state index in [2.05, 4.69) is 50.0 Å². The Labute approximate surface area is 125 Å². The van der Waals surface area contributed by atoms with Crippen LogP contribution in [0.5, 0.6) is 5.75 Å². The normalized spacial score (nSPS) is 10.8. The number of rotatable bonds is 4. The summed E-state index contributed by atoms with van der Waals surface area (Å²) in [7, 11) is 0. The molecule has 0 atom stereocenters. The van der Waals surface area contributed by atoms with Crippen LogP contribution in [0, 0.1) is 0 Å². The second-order valence-electron chi connectivity index (χ2n) is 5.93. The zero-order valence-electron chi connectivity index (χ0n) is 12.6. The molecule has 0 amide bonds. The molecule has 0 heterocycles. The van der Waals surface area contributed by atoms with Crippen LogP contribution in [-0.2, 0) is 16.8 Å². The lowest BCUT2D eigenvalue weighted by molar-refractivity contribution is 0.306. The number of aliphatic imine (C=N–C) groups is 1. The highest BCUT2D eigenvalue weighted by molar-refractivity contribution is 5.50. The van der Waals surface area contributed by atoms with Crippen LogP contribution < -0.4 is 4.74 Å². The van der Waals surface area contributed by atoms with Gasteiger partial charge in [0.1, 0.15) is 12.4 Å². The van der Waals surface area contributed by atoms with Crippen molar-refractivity contribution in [2.24, 2.45) is 4.99 Å². The van der Waals surface area contributed by atoms with E-state index in [4.69, 9.17) is 4.74 Å². The molecule has 2 aromatic carbocycles. The molecule has 0 aliphatic rings. The summed E-state index contributed by atoms with van der Waals surface area (Å²) >= 11 is 0. The monoisotopic (exact) mass is 281 g/mol. The Morgan fingerprint density at radius 3 is 2.14 bits per heavy atom. The molecular weight excluding hydrogens is 262 g/mol. The number of ether oxygens (including phenoxy) is 1. The Balaban J connectivity index is 1.98. The molecule has 0 fully saturated rings. The first-order valence-electron chi connectivity index (χ1n) is 6.89. The van der Waals surface area contributed by atoms with Crippen LogP contribution >= 0.6 is 0 Å². The van der Waals surface area contributed by atoms with Gasteiger partial charge in [0.15, 0.2) is 0 Å². The van der Waals surface area contributed by atoms with Crippen LogP contribution in [0.1, 0.15) is 31.9 Å². The molecule has 3 nitrogen and oxygen atoms in total. The van der Waals surface area contributed by atoms with Crippen molar-refractivity contribution in [2.75, 3.05) is 0 Å². The minimum absolute atomic E-state index is 0.161. The number of hydrogen-bond donors (Lipinski definition) is 0. The zero-order chi connectivity index (χ0) is 15.3. The van der Waals surface area contributed by atoms with Crippen molar-refractivity contribution in [3.8, 4) is 5.75 Å². The maximum atomic E-state index is 10.1. The quantitative estimate of drug-likeness (QED) is 0.610. The van der Waals surface area contributed by atoms with Gasteiger partial charge in [-0.25, -0.2) is 4.79 Å². The van der Waals surface area contributed by atoms with E-state index in [1.54, 1.807) is 24.3 Å². The molecule has 3 heteroatoms. The summed E-state index contributed by atoms with van der Waals surface area (Å²) in [6.45, 7) is 7.10. The lowest BCUT2D eigenvalue weighted by Gasteiger charge is -2.19. The lowest BCUT2D eigenvalue weighted by atomic mass is 9.87. The minimum Gasteiger partial charge on any atom is -0.489 e. The SMILES string of the molecule is CC(C)(C)c1ccc(COc2ccc(N=C=O)cc2)cc1. The standard InChI is InChI=1S/C18H19NO2/c1-18(2,3)15-6-4-14(5-7-15)12-21-17-10-8-16(9-11-17)19-13-20/h4-11H,12H2,1-3H3. The summed E-state index contributed by atoms with van der Waals surface area (Å²) in [4.78, 5) is 13.7. The average Bonchev–Trinajstić information content (AvgIpc) is 2.46. The Bertz CT molecular complexity index is 630. The largest absolute Gasteiger partial charge is 0.489 e. The van der Waals surface area contributed by atoms with Gasteiger partial charge in [0.2, 0.25) is 6.08 Å². The fourth-order valence-corrected chi connectivity index (χ4v) is 1.94. The summed E-state index contributed by atoms with van der Waals surface area (Å²) in [5.41, 5.74) is 3.17. The molecule has 0 N–H and O–H groups in total. The highest BCUT2D eigenvalue weighted by atomic mass is 16.5. The molecular formula is C18H19NO2. The van der Waals surface area contributed by atoms with E-state index < -0.39 is 0 Å². The Morgan fingerprint density at radius 1 is 1.00 bits per heavy atom. The van der Waals surface area contributed by atoms with Gasteiger partial charge in [0.25, 0.3) is 0 Å². The number of hydrogen-bond acceptors (Lipinski definition) is 3.